The summed E-state index contributed by atoms with van der Waals surface area (Å²) in [5.41, 5.74) is -3.54. The normalized spacial score (nSPS) is 52.9. The van der Waals surface area contributed by atoms with Gasteiger partial charge in [0.25, 0.3) is 0 Å². The lowest BCUT2D eigenvalue weighted by Crippen LogP contribution is -2.65. The predicted octanol–water partition coefficient (Wildman–Crippen LogP) is 0.584. The first-order valence-corrected chi connectivity index (χ1v) is 9.66. The van der Waals surface area contributed by atoms with Gasteiger partial charge in [0.05, 0.1) is 18.3 Å². The van der Waals surface area contributed by atoms with Gasteiger partial charge >= 0.3 is 0 Å². The van der Waals surface area contributed by atoms with Crippen LogP contribution in [0.15, 0.2) is 23.3 Å². The minimum absolute atomic E-state index is 0.185. The number of aliphatic hydroxyl groups excluding tert-OH is 2. The van der Waals surface area contributed by atoms with Gasteiger partial charge in [0.2, 0.25) is 0 Å². The number of ketones is 1. The van der Waals surface area contributed by atoms with E-state index in [9.17, 15) is 25.2 Å². The van der Waals surface area contributed by atoms with E-state index in [1.54, 1.807) is 19.9 Å². The van der Waals surface area contributed by atoms with Crippen molar-refractivity contribution >= 4 is 5.78 Å². The van der Waals surface area contributed by atoms with Crippen LogP contribution in [0.4, 0.5) is 0 Å². The van der Waals surface area contributed by atoms with Crippen LogP contribution in [0, 0.1) is 29.1 Å². The highest BCUT2D eigenvalue weighted by Gasteiger charge is 2.84. The number of hydrogen-bond donors (Lipinski definition) is 4. The van der Waals surface area contributed by atoms with Crippen molar-refractivity contribution in [3.05, 3.63) is 23.3 Å². The topological polar surface area (TPSA) is 107 Å². The Morgan fingerprint density at radius 3 is 2.44 bits per heavy atom. The zero-order valence-corrected chi connectivity index (χ0v) is 16.6. The average molecular weight is 378 g/mol. The molecule has 4 rings (SSSR count). The minimum atomic E-state index is -1.48. The largest absolute Gasteiger partial charge is 0.392 e. The Morgan fingerprint density at radius 2 is 1.89 bits per heavy atom. The zero-order valence-electron chi connectivity index (χ0n) is 16.6. The van der Waals surface area contributed by atoms with Gasteiger partial charge in [-0.2, -0.15) is 0 Å². The van der Waals surface area contributed by atoms with Crippen molar-refractivity contribution in [2.24, 2.45) is 29.1 Å². The molecule has 0 aliphatic heterocycles. The second kappa shape index (κ2) is 5.30. The number of carbonyl (C=O) groups is 1. The molecule has 0 aromatic carbocycles. The molecule has 4 aliphatic rings. The van der Waals surface area contributed by atoms with E-state index in [1.165, 1.54) is 7.11 Å². The van der Waals surface area contributed by atoms with Gasteiger partial charge in [0.1, 0.15) is 11.2 Å². The van der Waals surface area contributed by atoms with Crippen LogP contribution in [0.3, 0.4) is 0 Å². The van der Waals surface area contributed by atoms with E-state index >= 15 is 0 Å². The van der Waals surface area contributed by atoms with E-state index in [0.717, 1.165) is 0 Å². The SMILES string of the molecule is CO[C@]12CC(CO)=C[C@H]3[C@@H]4C(C)(C)[C@]4(O)[C@H](O)[C@@H](C)[C@]3(O)[C@@H]1C=C(C)C2=O. The third kappa shape index (κ3) is 1.86. The fourth-order valence-electron chi connectivity index (χ4n) is 6.71. The summed E-state index contributed by atoms with van der Waals surface area (Å²) < 4.78 is 5.76. The summed E-state index contributed by atoms with van der Waals surface area (Å²) in [7, 11) is 1.46. The molecule has 0 radical (unpaired) electrons. The lowest BCUT2D eigenvalue weighted by Gasteiger charge is -2.52. The third-order valence-electron chi connectivity index (χ3n) is 8.38. The van der Waals surface area contributed by atoms with Crippen molar-refractivity contribution in [1.82, 2.24) is 0 Å². The van der Waals surface area contributed by atoms with E-state index in [4.69, 9.17) is 4.74 Å². The summed E-state index contributed by atoms with van der Waals surface area (Å²) in [6.45, 7) is 6.96. The Bertz CT molecular complexity index is 769. The van der Waals surface area contributed by atoms with Crippen LogP contribution >= 0.6 is 0 Å². The summed E-state index contributed by atoms with van der Waals surface area (Å²) in [5, 5.41) is 44.2. The number of ether oxygens (including phenoxy) is 1. The van der Waals surface area contributed by atoms with Crippen LogP contribution in [0.25, 0.3) is 0 Å². The molecule has 2 saturated carbocycles. The number of aliphatic hydroxyl groups is 4. The molecule has 0 spiro atoms. The van der Waals surface area contributed by atoms with Crippen LogP contribution in [0.5, 0.6) is 0 Å². The Morgan fingerprint density at radius 1 is 1.26 bits per heavy atom. The molecule has 0 aromatic heterocycles. The summed E-state index contributed by atoms with van der Waals surface area (Å²) in [6.07, 6.45) is 2.64. The highest BCUT2D eigenvalue weighted by molar-refractivity contribution is 6.05. The molecule has 150 valence electrons. The first kappa shape index (κ1) is 19.3. The van der Waals surface area contributed by atoms with Gasteiger partial charge in [-0.15, -0.1) is 0 Å². The minimum Gasteiger partial charge on any atom is -0.392 e. The molecule has 6 nitrogen and oxygen atoms in total. The molecule has 0 bridgehead atoms. The number of rotatable bonds is 2. The quantitative estimate of drug-likeness (QED) is 0.524. The molecule has 6 heteroatoms. The van der Waals surface area contributed by atoms with Crippen LogP contribution in [-0.2, 0) is 9.53 Å². The van der Waals surface area contributed by atoms with Gasteiger partial charge < -0.3 is 25.2 Å². The second-order valence-corrected chi connectivity index (χ2v) is 9.58. The molecule has 0 heterocycles. The summed E-state index contributed by atoms with van der Waals surface area (Å²) in [4.78, 5) is 13.1. The predicted molar refractivity (Wildman–Crippen MR) is 97.6 cm³/mol. The molecule has 2 fully saturated rings. The molecular weight excluding hydrogens is 348 g/mol. The van der Waals surface area contributed by atoms with Gasteiger partial charge in [-0.1, -0.05) is 32.9 Å². The maximum atomic E-state index is 13.1. The van der Waals surface area contributed by atoms with Crippen LogP contribution in [0.1, 0.15) is 34.1 Å². The van der Waals surface area contributed by atoms with Crippen molar-refractivity contribution < 1.29 is 30.0 Å². The smallest absolute Gasteiger partial charge is 0.191 e. The number of hydrogen-bond acceptors (Lipinski definition) is 6. The first-order valence-electron chi connectivity index (χ1n) is 9.66. The Labute approximate surface area is 159 Å². The Hall–Kier alpha value is -1.05. The standard InChI is InChI=1S/C21H30O6/c1-10-6-14-19(27-5,16(10)23)8-12(9-22)7-13-15-18(3,4)21(15,26)17(24)11(2)20(13,14)25/h6-7,11,13-15,17,22,24-26H,8-9H2,1-5H3/t11-,13+,14-,15-,17-,19-,20-,21-/m1/s1. The van der Waals surface area contributed by atoms with Crippen LogP contribution < -0.4 is 0 Å². The van der Waals surface area contributed by atoms with Crippen LogP contribution in [-0.4, -0.2) is 62.8 Å². The molecule has 4 aliphatic carbocycles. The zero-order chi connectivity index (χ0) is 20.2. The van der Waals surface area contributed by atoms with E-state index in [0.29, 0.717) is 11.1 Å². The summed E-state index contributed by atoms with van der Waals surface area (Å²) in [6, 6.07) is 0. The molecule has 0 saturated heterocycles. The molecule has 27 heavy (non-hydrogen) atoms. The van der Waals surface area contributed by atoms with Crippen molar-refractivity contribution in [2.75, 3.05) is 13.7 Å². The molecule has 4 N–H and O–H groups in total. The highest BCUT2D eigenvalue weighted by atomic mass is 16.5. The lowest BCUT2D eigenvalue weighted by molar-refractivity contribution is -0.213. The third-order valence-corrected chi connectivity index (χ3v) is 8.38. The van der Waals surface area contributed by atoms with Gasteiger partial charge in [-0.05, 0) is 18.1 Å². The Kier molecular flexibility index (Phi) is 3.79. The lowest BCUT2D eigenvalue weighted by atomic mass is 9.59. The number of fused-ring (bicyclic) bond motifs is 5. The van der Waals surface area contributed by atoms with Gasteiger partial charge in [-0.3, -0.25) is 4.79 Å². The van der Waals surface area contributed by atoms with Crippen molar-refractivity contribution in [3.8, 4) is 0 Å². The van der Waals surface area contributed by atoms with E-state index in [2.05, 4.69) is 0 Å². The number of carbonyl (C=O) groups excluding carboxylic acids is 1. The first-order chi connectivity index (χ1) is 12.4. The van der Waals surface area contributed by atoms with Crippen molar-refractivity contribution in [2.45, 2.75) is 57.0 Å². The molecule has 8 atom stereocenters. The maximum absolute atomic E-state index is 13.1. The number of Topliss-reactive ketones (excluding diaryl/α,β-unsaturated/α-hetero) is 1. The van der Waals surface area contributed by atoms with Crippen LogP contribution in [0.2, 0.25) is 0 Å². The van der Waals surface area contributed by atoms with E-state index < -0.39 is 46.1 Å². The van der Waals surface area contributed by atoms with Gasteiger partial charge in [0, 0.05) is 42.6 Å². The molecular formula is C21H30O6. The number of methoxy groups -OCH3 is 1. The summed E-state index contributed by atoms with van der Waals surface area (Å²) in [5.74, 6) is -2.43. The van der Waals surface area contributed by atoms with E-state index in [1.807, 2.05) is 19.9 Å². The fraction of sp³-hybridized carbons (Fsp3) is 0.762. The highest BCUT2D eigenvalue weighted by Crippen LogP contribution is 2.75. The molecule has 0 amide bonds. The summed E-state index contributed by atoms with van der Waals surface area (Å²) >= 11 is 0. The second-order valence-electron chi connectivity index (χ2n) is 9.58. The monoisotopic (exact) mass is 378 g/mol. The Balaban J connectivity index is 1.97. The van der Waals surface area contributed by atoms with E-state index in [-0.39, 0.29) is 24.7 Å². The maximum Gasteiger partial charge on any atom is 0.191 e. The van der Waals surface area contributed by atoms with Gasteiger partial charge in [0.15, 0.2) is 5.78 Å². The average Bonchev–Trinajstić information content (AvgIpc) is 3.01. The molecule has 0 unspecified atom stereocenters. The molecule has 0 aromatic rings. The fourth-order valence-corrected chi connectivity index (χ4v) is 6.71. The van der Waals surface area contributed by atoms with Crippen molar-refractivity contribution in [3.63, 3.8) is 0 Å². The van der Waals surface area contributed by atoms with Crippen molar-refractivity contribution in [1.29, 1.82) is 0 Å². The van der Waals surface area contributed by atoms with Gasteiger partial charge in [-0.25, -0.2) is 0 Å².